The number of amides is 1. The molecule has 3 N–H and O–H groups in total. The monoisotopic (exact) mass is 218 g/mol. The number of nitrogen functional groups attached to an aromatic ring is 1. The molecule has 2 rings (SSSR count). The number of anilines is 1. The molecule has 1 aliphatic carbocycles. The number of rotatable bonds is 4. The van der Waals surface area contributed by atoms with Crippen LogP contribution in [0.2, 0.25) is 0 Å². The fourth-order valence-corrected chi connectivity index (χ4v) is 1.86. The Morgan fingerprint density at radius 1 is 1.50 bits per heavy atom. The number of hydrogen-bond donors (Lipinski definition) is 2. The molecule has 1 fully saturated rings. The molecule has 86 valence electrons. The molecule has 1 aromatic carbocycles. The van der Waals surface area contributed by atoms with Gasteiger partial charge in [0.15, 0.2) is 0 Å². The lowest BCUT2D eigenvalue weighted by atomic mass is 10.1. The van der Waals surface area contributed by atoms with Gasteiger partial charge in [-0.05, 0) is 29.9 Å². The van der Waals surface area contributed by atoms with Gasteiger partial charge in [0.25, 0.3) is 0 Å². The zero-order valence-electron chi connectivity index (χ0n) is 9.57. The van der Waals surface area contributed by atoms with Gasteiger partial charge in [-0.1, -0.05) is 25.1 Å². The van der Waals surface area contributed by atoms with E-state index in [0.717, 1.165) is 18.0 Å². The Morgan fingerprint density at radius 2 is 2.19 bits per heavy atom. The number of nitrogens with one attached hydrogen (secondary N) is 1. The summed E-state index contributed by atoms with van der Waals surface area (Å²) in [6, 6.07) is 7.50. The summed E-state index contributed by atoms with van der Waals surface area (Å²) >= 11 is 0. The molecule has 2 atom stereocenters. The molecular formula is C13H18N2O. The van der Waals surface area contributed by atoms with Crippen molar-refractivity contribution in [2.75, 3.05) is 12.3 Å². The van der Waals surface area contributed by atoms with E-state index in [0.29, 0.717) is 18.0 Å². The maximum atomic E-state index is 11.6. The van der Waals surface area contributed by atoms with Gasteiger partial charge in [0.1, 0.15) is 0 Å². The molecule has 1 aromatic rings. The van der Waals surface area contributed by atoms with Crippen LogP contribution in [0.3, 0.4) is 0 Å². The van der Waals surface area contributed by atoms with Crippen LogP contribution in [-0.2, 0) is 11.2 Å². The third kappa shape index (κ3) is 2.75. The molecule has 1 aliphatic rings. The molecule has 0 bridgehead atoms. The average Bonchev–Trinajstić information content (AvgIpc) is 2.95. The van der Waals surface area contributed by atoms with Gasteiger partial charge >= 0.3 is 0 Å². The van der Waals surface area contributed by atoms with E-state index in [1.54, 1.807) is 0 Å². The van der Waals surface area contributed by atoms with E-state index in [1.807, 2.05) is 24.3 Å². The van der Waals surface area contributed by atoms with E-state index in [-0.39, 0.29) is 5.91 Å². The first kappa shape index (κ1) is 11.0. The zero-order chi connectivity index (χ0) is 11.5. The summed E-state index contributed by atoms with van der Waals surface area (Å²) < 4.78 is 0. The van der Waals surface area contributed by atoms with Crippen LogP contribution in [-0.4, -0.2) is 12.5 Å². The minimum atomic E-state index is 0.0667. The maximum Gasteiger partial charge on any atom is 0.224 e. The van der Waals surface area contributed by atoms with Crippen LogP contribution in [0.15, 0.2) is 24.3 Å². The molecule has 2 unspecified atom stereocenters. The Balaban J connectivity index is 1.80. The number of benzene rings is 1. The van der Waals surface area contributed by atoms with E-state index in [2.05, 4.69) is 12.2 Å². The highest BCUT2D eigenvalue weighted by atomic mass is 16.1. The van der Waals surface area contributed by atoms with Crippen molar-refractivity contribution in [1.82, 2.24) is 5.32 Å². The first-order valence-corrected chi connectivity index (χ1v) is 5.77. The van der Waals surface area contributed by atoms with Crippen molar-refractivity contribution in [3.63, 3.8) is 0 Å². The summed E-state index contributed by atoms with van der Waals surface area (Å²) in [4.78, 5) is 11.6. The van der Waals surface area contributed by atoms with Crippen molar-refractivity contribution in [2.45, 2.75) is 19.8 Å². The quantitative estimate of drug-likeness (QED) is 0.754. The number of carbonyl (C=O) groups is 1. The van der Waals surface area contributed by atoms with Crippen molar-refractivity contribution in [3.05, 3.63) is 29.8 Å². The SMILES string of the molecule is CC1CC1CNC(=O)Cc1ccccc1N. The Bertz CT molecular complexity index is 389. The number of para-hydroxylation sites is 1. The van der Waals surface area contributed by atoms with Crippen LogP contribution in [0.4, 0.5) is 5.69 Å². The predicted octanol–water partition coefficient (Wildman–Crippen LogP) is 1.58. The van der Waals surface area contributed by atoms with E-state index in [9.17, 15) is 4.79 Å². The normalized spacial score (nSPS) is 22.8. The zero-order valence-corrected chi connectivity index (χ0v) is 9.57. The Hall–Kier alpha value is -1.51. The lowest BCUT2D eigenvalue weighted by Gasteiger charge is -2.06. The van der Waals surface area contributed by atoms with Gasteiger partial charge < -0.3 is 11.1 Å². The highest BCUT2D eigenvalue weighted by molar-refractivity contribution is 5.80. The van der Waals surface area contributed by atoms with E-state index in [1.165, 1.54) is 6.42 Å². The van der Waals surface area contributed by atoms with Gasteiger partial charge in [0, 0.05) is 12.2 Å². The topological polar surface area (TPSA) is 55.1 Å². The molecule has 1 amide bonds. The molecule has 0 heterocycles. The highest BCUT2D eigenvalue weighted by Crippen LogP contribution is 2.36. The minimum absolute atomic E-state index is 0.0667. The smallest absolute Gasteiger partial charge is 0.224 e. The summed E-state index contributed by atoms with van der Waals surface area (Å²) in [7, 11) is 0. The standard InChI is InChI=1S/C13H18N2O/c1-9-6-11(9)8-15-13(16)7-10-4-2-3-5-12(10)14/h2-5,9,11H,6-8,14H2,1H3,(H,15,16). The highest BCUT2D eigenvalue weighted by Gasteiger charge is 2.32. The molecule has 3 nitrogen and oxygen atoms in total. The second-order valence-corrected chi connectivity index (χ2v) is 4.65. The van der Waals surface area contributed by atoms with E-state index < -0.39 is 0 Å². The molecule has 0 aromatic heterocycles. The van der Waals surface area contributed by atoms with Crippen molar-refractivity contribution in [1.29, 1.82) is 0 Å². The molecule has 0 radical (unpaired) electrons. The summed E-state index contributed by atoms with van der Waals surface area (Å²) in [6.45, 7) is 3.03. The van der Waals surface area contributed by atoms with Crippen LogP contribution in [0.5, 0.6) is 0 Å². The largest absolute Gasteiger partial charge is 0.398 e. The van der Waals surface area contributed by atoms with Gasteiger partial charge in [-0.15, -0.1) is 0 Å². The summed E-state index contributed by atoms with van der Waals surface area (Å²) in [5, 5.41) is 2.96. The van der Waals surface area contributed by atoms with Crippen LogP contribution in [0.25, 0.3) is 0 Å². The second kappa shape index (κ2) is 4.56. The van der Waals surface area contributed by atoms with Gasteiger partial charge in [-0.3, -0.25) is 4.79 Å². The number of nitrogens with two attached hydrogens (primary N) is 1. The fourth-order valence-electron chi connectivity index (χ4n) is 1.86. The van der Waals surface area contributed by atoms with Crippen molar-refractivity contribution in [2.24, 2.45) is 11.8 Å². The molecule has 1 saturated carbocycles. The van der Waals surface area contributed by atoms with Crippen molar-refractivity contribution < 1.29 is 4.79 Å². The third-order valence-corrected chi connectivity index (χ3v) is 3.24. The molecule has 0 spiro atoms. The number of carbonyl (C=O) groups excluding carboxylic acids is 1. The Labute approximate surface area is 96.0 Å². The lowest BCUT2D eigenvalue weighted by Crippen LogP contribution is -2.27. The molecule has 0 aliphatic heterocycles. The van der Waals surface area contributed by atoms with Crippen LogP contribution in [0, 0.1) is 11.8 Å². The minimum Gasteiger partial charge on any atom is -0.398 e. The average molecular weight is 218 g/mol. The van der Waals surface area contributed by atoms with Gasteiger partial charge in [-0.2, -0.15) is 0 Å². The molecule has 3 heteroatoms. The summed E-state index contributed by atoms with van der Waals surface area (Å²) in [5.74, 6) is 1.54. The first-order valence-electron chi connectivity index (χ1n) is 5.77. The van der Waals surface area contributed by atoms with E-state index in [4.69, 9.17) is 5.73 Å². The Morgan fingerprint density at radius 3 is 2.81 bits per heavy atom. The van der Waals surface area contributed by atoms with E-state index >= 15 is 0 Å². The molecule has 0 saturated heterocycles. The van der Waals surface area contributed by atoms with Crippen LogP contribution in [0.1, 0.15) is 18.9 Å². The van der Waals surface area contributed by atoms with Gasteiger partial charge in [0.2, 0.25) is 5.91 Å². The van der Waals surface area contributed by atoms with Crippen LogP contribution < -0.4 is 11.1 Å². The Kier molecular flexibility index (Phi) is 3.13. The fraction of sp³-hybridized carbons (Fsp3) is 0.462. The first-order chi connectivity index (χ1) is 7.66. The van der Waals surface area contributed by atoms with Gasteiger partial charge in [0.05, 0.1) is 6.42 Å². The summed E-state index contributed by atoms with van der Waals surface area (Å²) in [5.41, 5.74) is 7.38. The maximum absolute atomic E-state index is 11.6. The molecular weight excluding hydrogens is 200 g/mol. The predicted molar refractivity (Wildman–Crippen MR) is 64.8 cm³/mol. The van der Waals surface area contributed by atoms with Crippen molar-refractivity contribution in [3.8, 4) is 0 Å². The number of hydrogen-bond acceptors (Lipinski definition) is 2. The van der Waals surface area contributed by atoms with Gasteiger partial charge in [-0.25, -0.2) is 0 Å². The summed E-state index contributed by atoms with van der Waals surface area (Å²) in [6.07, 6.45) is 1.63. The van der Waals surface area contributed by atoms with Crippen molar-refractivity contribution >= 4 is 11.6 Å². The lowest BCUT2D eigenvalue weighted by molar-refractivity contribution is -0.120. The van der Waals surface area contributed by atoms with Crippen LogP contribution >= 0.6 is 0 Å². The second-order valence-electron chi connectivity index (χ2n) is 4.65. The third-order valence-electron chi connectivity index (χ3n) is 3.24. The molecule has 16 heavy (non-hydrogen) atoms.